The molecule has 3 nitrogen and oxygen atoms in total. The van der Waals surface area contributed by atoms with Gasteiger partial charge in [-0.25, -0.2) is 0 Å². The third kappa shape index (κ3) is 3.34. The zero-order valence-electron chi connectivity index (χ0n) is 9.97. The average molecular weight is 272 g/mol. The fraction of sp³-hybridized carbons (Fsp3) is 0.0667. The number of halogens is 1. The van der Waals surface area contributed by atoms with E-state index in [1.807, 2.05) is 12.1 Å². The summed E-state index contributed by atoms with van der Waals surface area (Å²) in [6, 6.07) is 14.1. The summed E-state index contributed by atoms with van der Waals surface area (Å²) in [6.45, 7) is 0. The van der Waals surface area contributed by atoms with Crippen LogP contribution in [-0.2, 0) is 6.42 Å². The van der Waals surface area contributed by atoms with Gasteiger partial charge in [-0.1, -0.05) is 23.7 Å². The average Bonchev–Trinajstić information content (AvgIpc) is 2.43. The minimum absolute atomic E-state index is 0.370. The number of carbonyl (C=O) groups excluding carboxylic acids is 1. The molecule has 2 rings (SSSR count). The Kier molecular flexibility index (Phi) is 4.17. The Labute approximate surface area is 116 Å². The first kappa shape index (κ1) is 13.1. The predicted octanol–water partition coefficient (Wildman–Crippen LogP) is 4.01. The molecule has 0 saturated heterocycles. The number of carbonyl (C=O) groups is 1. The number of nitriles is 1. The molecule has 4 heteroatoms. The second-order valence-electron chi connectivity index (χ2n) is 3.89. The van der Waals surface area contributed by atoms with E-state index in [2.05, 4.69) is 6.07 Å². The summed E-state index contributed by atoms with van der Waals surface area (Å²) in [5.41, 5.74) is 1.43. The van der Waals surface area contributed by atoms with Crippen molar-refractivity contribution in [2.45, 2.75) is 6.42 Å². The van der Waals surface area contributed by atoms with Crippen molar-refractivity contribution in [2.75, 3.05) is 0 Å². The number of benzene rings is 2. The summed E-state index contributed by atoms with van der Waals surface area (Å²) in [5, 5.41) is 8.96. The van der Waals surface area contributed by atoms with Crippen LogP contribution in [0.5, 0.6) is 11.5 Å². The van der Waals surface area contributed by atoms with Gasteiger partial charge < -0.3 is 4.74 Å². The smallest absolute Gasteiger partial charge is 0.150 e. The predicted molar refractivity (Wildman–Crippen MR) is 72.7 cm³/mol. The molecule has 0 radical (unpaired) electrons. The Hall–Kier alpha value is -2.31. The minimum Gasteiger partial charge on any atom is -0.456 e. The summed E-state index contributed by atoms with van der Waals surface area (Å²) in [5.74, 6) is 1.11. The van der Waals surface area contributed by atoms with Crippen LogP contribution in [0.15, 0.2) is 42.5 Å². The number of rotatable bonds is 4. The second-order valence-corrected chi connectivity index (χ2v) is 4.30. The molecule has 0 amide bonds. The van der Waals surface area contributed by atoms with E-state index in [0.717, 1.165) is 11.8 Å². The lowest BCUT2D eigenvalue weighted by molar-refractivity contribution is 0.112. The highest BCUT2D eigenvalue weighted by molar-refractivity contribution is 6.32. The number of hydrogen-bond acceptors (Lipinski definition) is 3. The Morgan fingerprint density at radius 3 is 2.53 bits per heavy atom. The third-order valence-electron chi connectivity index (χ3n) is 2.53. The Balaban J connectivity index is 2.17. The van der Waals surface area contributed by atoms with Crippen molar-refractivity contribution in [3.63, 3.8) is 0 Å². The van der Waals surface area contributed by atoms with Gasteiger partial charge in [0.2, 0.25) is 0 Å². The molecule has 0 aliphatic rings. The van der Waals surface area contributed by atoms with Gasteiger partial charge in [-0.3, -0.25) is 4.79 Å². The zero-order chi connectivity index (χ0) is 13.7. The topological polar surface area (TPSA) is 50.1 Å². The molecule has 0 N–H and O–H groups in total. The maximum atomic E-state index is 10.6. The van der Waals surface area contributed by atoms with Crippen molar-refractivity contribution < 1.29 is 9.53 Å². The van der Waals surface area contributed by atoms with E-state index in [9.17, 15) is 4.79 Å². The highest BCUT2D eigenvalue weighted by Crippen LogP contribution is 2.29. The van der Waals surface area contributed by atoms with Crippen LogP contribution in [0.1, 0.15) is 15.9 Å². The van der Waals surface area contributed by atoms with E-state index in [-0.39, 0.29) is 0 Å². The van der Waals surface area contributed by atoms with Gasteiger partial charge in [-0.05, 0) is 35.9 Å². The van der Waals surface area contributed by atoms with Gasteiger partial charge in [-0.15, -0.1) is 0 Å². The van der Waals surface area contributed by atoms with E-state index in [1.165, 1.54) is 0 Å². The van der Waals surface area contributed by atoms with Gasteiger partial charge in [-0.2, -0.15) is 5.26 Å². The molecule has 0 unspecified atom stereocenters. The van der Waals surface area contributed by atoms with Crippen LogP contribution in [0.4, 0.5) is 0 Å². The maximum absolute atomic E-state index is 10.6. The van der Waals surface area contributed by atoms with E-state index < -0.39 is 0 Å². The summed E-state index contributed by atoms with van der Waals surface area (Å²) in [7, 11) is 0. The SMILES string of the molecule is N#CCc1ccc(Oc2ccc(C=O)cc2Cl)cc1. The molecular weight excluding hydrogens is 262 g/mol. The van der Waals surface area contributed by atoms with E-state index in [1.54, 1.807) is 30.3 Å². The van der Waals surface area contributed by atoms with Gasteiger partial charge in [0.05, 0.1) is 17.5 Å². The summed E-state index contributed by atoms with van der Waals surface area (Å²) in [4.78, 5) is 10.6. The van der Waals surface area contributed by atoms with Gasteiger partial charge in [0, 0.05) is 5.56 Å². The van der Waals surface area contributed by atoms with Crippen LogP contribution in [0.25, 0.3) is 0 Å². The first-order chi connectivity index (χ1) is 9.22. The molecule has 0 bridgehead atoms. The molecule has 19 heavy (non-hydrogen) atoms. The van der Waals surface area contributed by atoms with E-state index in [4.69, 9.17) is 21.6 Å². The summed E-state index contributed by atoms with van der Waals surface area (Å²) < 4.78 is 5.61. The Morgan fingerprint density at radius 2 is 1.95 bits per heavy atom. The largest absolute Gasteiger partial charge is 0.456 e. The molecule has 0 aliphatic heterocycles. The van der Waals surface area contributed by atoms with Gasteiger partial charge in [0.15, 0.2) is 0 Å². The Morgan fingerprint density at radius 1 is 1.21 bits per heavy atom. The van der Waals surface area contributed by atoms with Crippen LogP contribution in [0.2, 0.25) is 5.02 Å². The van der Waals surface area contributed by atoms with Crippen LogP contribution in [0.3, 0.4) is 0 Å². The lowest BCUT2D eigenvalue weighted by atomic mass is 10.2. The van der Waals surface area contributed by atoms with Crippen LogP contribution >= 0.6 is 11.6 Å². The van der Waals surface area contributed by atoms with Crippen LogP contribution in [-0.4, -0.2) is 6.29 Å². The van der Waals surface area contributed by atoms with Crippen molar-refractivity contribution in [1.29, 1.82) is 5.26 Å². The number of nitrogens with zero attached hydrogens (tertiary/aromatic N) is 1. The molecule has 0 aromatic heterocycles. The fourth-order valence-electron chi connectivity index (χ4n) is 1.57. The number of aldehydes is 1. The Bertz CT molecular complexity index is 630. The third-order valence-corrected chi connectivity index (χ3v) is 2.82. The summed E-state index contributed by atoms with van der Waals surface area (Å²) >= 11 is 6.01. The molecule has 2 aromatic rings. The normalized spacial score (nSPS) is 9.68. The molecule has 0 fully saturated rings. The first-order valence-corrected chi connectivity index (χ1v) is 5.99. The monoisotopic (exact) mass is 271 g/mol. The zero-order valence-corrected chi connectivity index (χ0v) is 10.7. The fourth-order valence-corrected chi connectivity index (χ4v) is 1.79. The molecule has 0 spiro atoms. The number of ether oxygens (including phenoxy) is 1. The minimum atomic E-state index is 0.370. The van der Waals surface area contributed by atoms with Crippen molar-refractivity contribution in [3.05, 3.63) is 58.6 Å². The lowest BCUT2D eigenvalue weighted by Gasteiger charge is -2.08. The van der Waals surface area contributed by atoms with Gasteiger partial charge in [0.25, 0.3) is 0 Å². The second kappa shape index (κ2) is 6.03. The highest BCUT2D eigenvalue weighted by Gasteiger charge is 2.04. The van der Waals surface area contributed by atoms with Crippen molar-refractivity contribution in [1.82, 2.24) is 0 Å². The quantitative estimate of drug-likeness (QED) is 0.790. The van der Waals surface area contributed by atoms with Crippen LogP contribution in [0, 0.1) is 11.3 Å². The lowest BCUT2D eigenvalue weighted by Crippen LogP contribution is -1.88. The molecular formula is C15H10ClNO2. The van der Waals surface area contributed by atoms with Gasteiger partial charge in [0.1, 0.15) is 17.8 Å². The molecule has 0 aliphatic carbocycles. The molecule has 2 aromatic carbocycles. The first-order valence-electron chi connectivity index (χ1n) is 5.61. The van der Waals surface area contributed by atoms with Gasteiger partial charge >= 0.3 is 0 Å². The highest BCUT2D eigenvalue weighted by atomic mass is 35.5. The van der Waals surface area contributed by atoms with E-state index in [0.29, 0.717) is 28.5 Å². The van der Waals surface area contributed by atoms with Crippen LogP contribution < -0.4 is 4.74 Å². The maximum Gasteiger partial charge on any atom is 0.150 e. The van der Waals surface area contributed by atoms with Crippen molar-refractivity contribution >= 4 is 17.9 Å². The van der Waals surface area contributed by atoms with Crippen molar-refractivity contribution in [2.24, 2.45) is 0 Å². The number of hydrogen-bond donors (Lipinski definition) is 0. The molecule has 0 atom stereocenters. The van der Waals surface area contributed by atoms with E-state index >= 15 is 0 Å². The standard InChI is InChI=1S/C15H10ClNO2/c16-14-9-12(10-18)3-6-15(14)19-13-4-1-11(2-5-13)7-8-17/h1-6,9-10H,7H2. The molecule has 94 valence electrons. The van der Waals surface area contributed by atoms with Crippen molar-refractivity contribution in [3.8, 4) is 17.6 Å². The molecule has 0 heterocycles. The molecule has 0 saturated carbocycles. The summed E-state index contributed by atoms with van der Waals surface area (Å²) in [6.07, 6.45) is 1.10.